The van der Waals surface area contributed by atoms with Crippen LogP contribution in [0.2, 0.25) is 0 Å². The van der Waals surface area contributed by atoms with Crippen molar-refractivity contribution in [3.8, 4) is 0 Å². The highest BCUT2D eigenvalue weighted by atomic mass is 19.1. The number of carbonyl (C=O) groups is 1. The van der Waals surface area contributed by atoms with Gasteiger partial charge in [0.15, 0.2) is 0 Å². The highest BCUT2D eigenvalue weighted by Crippen LogP contribution is 2.08. The van der Waals surface area contributed by atoms with Gasteiger partial charge in [-0.25, -0.2) is 14.2 Å². The Bertz CT molecular complexity index is 728. The number of carbonyl (C=O) groups excluding carboxylic acids is 1. The molecule has 0 aliphatic rings. The second-order valence-corrected chi connectivity index (χ2v) is 4.38. The van der Waals surface area contributed by atoms with E-state index in [4.69, 9.17) is 10.5 Å². The summed E-state index contributed by atoms with van der Waals surface area (Å²) in [5, 5.41) is 0. The average molecular weight is 291 g/mol. The number of hydrogen-bond donors (Lipinski definition) is 2. The van der Waals surface area contributed by atoms with Gasteiger partial charge < -0.3 is 10.5 Å². The number of aromatic nitrogens is 2. The van der Waals surface area contributed by atoms with Gasteiger partial charge in [-0.2, -0.15) is 0 Å². The zero-order valence-electron chi connectivity index (χ0n) is 11.4. The Morgan fingerprint density at radius 2 is 2.14 bits per heavy atom. The number of anilines is 1. The first-order valence-electron chi connectivity index (χ1n) is 6.26. The minimum atomic E-state index is -0.773. The zero-order valence-corrected chi connectivity index (χ0v) is 11.4. The number of halogens is 1. The smallest absolute Gasteiger partial charge is 0.341 e. The molecule has 0 atom stereocenters. The summed E-state index contributed by atoms with van der Waals surface area (Å²) in [6, 6.07) is 5.53. The van der Waals surface area contributed by atoms with E-state index in [2.05, 4.69) is 9.97 Å². The fourth-order valence-electron chi connectivity index (χ4n) is 1.88. The van der Waals surface area contributed by atoms with Crippen LogP contribution in [-0.4, -0.2) is 22.5 Å². The van der Waals surface area contributed by atoms with Crippen LogP contribution in [-0.2, 0) is 11.2 Å². The molecule has 0 radical (unpaired) electrons. The summed E-state index contributed by atoms with van der Waals surface area (Å²) < 4.78 is 18.3. The molecule has 1 aromatic carbocycles. The molecular formula is C14H14FN3O3. The Balaban J connectivity index is 2.01. The number of esters is 1. The number of nitrogens with one attached hydrogen (secondary N) is 1. The van der Waals surface area contributed by atoms with Crippen LogP contribution in [0.15, 0.2) is 29.1 Å². The van der Waals surface area contributed by atoms with Crippen molar-refractivity contribution in [3.05, 3.63) is 57.3 Å². The lowest BCUT2D eigenvalue weighted by molar-refractivity contribution is 0.0503. The molecule has 0 fully saturated rings. The molecule has 0 saturated carbocycles. The summed E-state index contributed by atoms with van der Waals surface area (Å²) in [6.45, 7) is 1.59. The summed E-state index contributed by atoms with van der Waals surface area (Å²) in [6.07, 6.45) is 0.175. The molecule has 0 saturated heterocycles. The van der Waals surface area contributed by atoms with Crippen molar-refractivity contribution in [2.24, 2.45) is 0 Å². The van der Waals surface area contributed by atoms with Crippen molar-refractivity contribution >= 4 is 11.9 Å². The lowest BCUT2D eigenvalue weighted by Crippen LogP contribution is -2.20. The van der Waals surface area contributed by atoms with E-state index >= 15 is 0 Å². The second kappa shape index (κ2) is 6.17. The summed E-state index contributed by atoms with van der Waals surface area (Å²) in [5.74, 6) is -1.39. The molecule has 1 heterocycles. The molecule has 2 rings (SSSR count). The SMILES string of the molecule is Cc1nc(N)[nH]c(=O)c1CCOC(=O)c1ccccc1F. The number of aromatic amines is 1. The Morgan fingerprint density at radius 1 is 1.43 bits per heavy atom. The summed E-state index contributed by atoms with van der Waals surface area (Å²) in [5.41, 5.74) is 5.74. The molecular weight excluding hydrogens is 277 g/mol. The third-order valence-corrected chi connectivity index (χ3v) is 2.92. The minimum absolute atomic E-state index is 0.0320. The fraction of sp³-hybridized carbons (Fsp3) is 0.214. The lowest BCUT2D eigenvalue weighted by Gasteiger charge is -2.07. The lowest BCUT2D eigenvalue weighted by atomic mass is 10.2. The predicted molar refractivity (Wildman–Crippen MR) is 74.4 cm³/mol. The van der Waals surface area contributed by atoms with Gasteiger partial charge in [-0.3, -0.25) is 9.78 Å². The number of ether oxygens (including phenoxy) is 1. The third-order valence-electron chi connectivity index (χ3n) is 2.92. The summed E-state index contributed by atoms with van der Waals surface area (Å²) >= 11 is 0. The highest BCUT2D eigenvalue weighted by molar-refractivity contribution is 5.89. The van der Waals surface area contributed by atoms with Crippen molar-refractivity contribution in [1.82, 2.24) is 9.97 Å². The Hall–Kier alpha value is -2.70. The quantitative estimate of drug-likeness (QED) is 0.825. The predicted octanol–water partition coefficient (Wildman–Crippen LogP) is 1.20. The van der Waals surface area contributed by atoms with Crippen molar-refractivity contribution in [2.75, 3.05) is 12.3 Å². The van der Waals surface area contributed by atoms with Crippen molar-refractivity contribution in [2.45, 2.75) is 13.3 Å². The van der Waals surface area contributed by atoms with E-state index in [0.29, 0.717) is 11.3 Å². The number of benzene rings is 1. The zero-order chi connectivity index (χ0) is 15.4. The number of hydrogen-bond acceptors (Lipinski definition) is 5. The normalized spacial score (nSPS) is 10.4. The molecule has 7 heteroatoms. The van der Waals surface area contributed by atoms with E-state index in [1.165, 1.54) is 18.2 Å². The van der Waals surface area contributed by atoms with Crippen LogP contribution in [0.4, 0.5) is 10.3 Å². The van der Waals surface area contributed by atoms with Crippen LogP contribution in [0.3, 0.4) is 0 Å². The molecule has 0 aliphatic heterocycles. The van der Waals surface area contributed by atoms with E-state index in [1.807, 2.05) is 0 Å². The molecule has 1 aromatic heterocycles. The first-order valence-corrected chi connectivity index (χ1v) is 6.26. The monoisotopic (exact) mass is 291 g/mol. The second-order valence-electron chi connectivity index (χ2n) is 4.38. The van der Waals surface area contributed by atoms with Crippen LogP contribution in [0.1, 0.15) is 21.6 Å². The van der Waals surface area contributed by atoms with Gasteiger partial charge in [0.25, 0.3) is 5.56 Å². The van der Waals surface area contributed by atoms with Gasteiger partial charge in [-0.05, 0) is 19.1 Å². The summed E-state index contributed by atoms with van der Waals surface area (Å²) in [7, 11) is 0. The van der Waals surface area contributed by atoms with Crippen molar-refractivity contribution in [1.29, 1.82) is 0 Å². The van der Waals surface area contributed by atoms with Crippen molar-refractivity contribution in [3.63, 3.8) is 0 Å². The van der Waals surface area contributed by atoms with Gasteiger partial charge in [0.1, 0.15) is 5.82 Å². The maximum absolute atomic E-state index is 13.4. The topological polar surface area (TPSA) is 98.1 Å². The third kappa shape index (κ3) is 3.44. The number of rotatable bonds is 4. The molecule has 2 aromatic rings. The fourth-order valence-corrected chi connectivity index (χ4v) is 1.88. The Morgan fingerprint density at radius 3 is 2.81 bits per heavy atom. The molecule has 3 N–H and O–H groups in total. The maximum atomic E-state index is 13.4. The number of nitrogens with zero attached hydrogens (tertiary/aromatic N) is 1. The van der Waals surface area contributed by atoms with E-state index < -0.39 is 11.8 Å². The van der Waals surface area contributed by atoms with Gasteiger partial charge in [0.05, 0.1) is 17.9 Å². The van der Waals surface area contributed by atoms with Crippen molar-refractivity contribution < 1.29 is 13.9 Å². The first kappa shape index (κ1) is 14.7. The largest absolute Gasteiger partial charge is 0.462 e. The highest BCUT2D eigenvalue weighted by Gasteiger charge is 2.13. The maximum Gasteiger partial charge on any atom is 0.341 e. The number of nitrogen functional groups attached to an aromatic ring is 1. The summed E-state index contributed by atoms with van der Waals surface area (Å²) in [4.78, 5) is 29.7. The van der Waals surface area contributed by atoms with Crippen LogP contribution < -0.4 is 11.3 Å². The van der Waals surface area contributed by atoms with Crippen LogP contribution in [0, 0.1) is 12.7 Å². The van der Waals surface area contributed by atoms with E-state index in [-0.39, 0.29) is 30.1 Å². The van der Waals surface area contributed by atoms with Gasteiger partial charge in [0.2, 0.25) is 5.95 Å². The molecule has 0 aliphatic carbocycles. The van der Waals surface area contributed by atoms with Gasteiger partial charge in [-0.1, -0.05) is 12.1 Å². The minimum Gasteiger partial charge on any atom is -0.462 e. The van der Waals surface area contributed by atoms with E-state index in [0.717, 1.165) is 0 Å². The van der Waals surface area contributed by atoms with Gasteiger partial charge >= 0.3 is 5.97 Å². The standard InChI is InChI=1S/C14H14FN3O3/c1-8-9(12(19)18-14(16)17-8)6-7-21-13(20)10-4-2-3-5-11(10)15/h2-5H,6-7H2,1H3,(H3,16,17,18,19). The van der Waals surface area contributed by atoms with Crippen LogP contribution in [0.5, 0.6) is 0 Å². The molecule has 0 bridgehead atoms. The van der Waals surface area contributed by atoms with E-state index in [1.54, 1.807) is 13.0 Å². The molecule has 21 heavy (non-hydrogen) atoms. The Kier molecular flexibility index (Phi) is 4.32. The molecule has 6 nitrogen and oxygen atoms in total. The number of nitrogens with two attached hydrogens (primary N) is 1. The first-order chi connectivity index (χ1) is 9.99. The Labute approximate surface area is 119 Å². The molecule has 0 spiro atoms. The van der Waals surface area contributed by atoms with Crippen LogP contribution in [0.25, 0.3) is 0 Å². The number of aryl methyl sites for hydroxylation is 1. The number of H-pyrrole nitrogens is 1. The molecule has 110 valence electrons. The van der Waals surface area contributed by atoms with Crippen LogP contribution >= 0.6 is 0 Å². The van der Waals surface area contributed by atoms with Gasteiger partial charge in [-0.15, -0.1) is 0 Å². The molecule has 0 unspecified atom stereocenters. The van der Waals surface area contributed by atoms with E-state index in [9.17, 15) is 14.0 Å². The van der Waals surface area contributed by atoms with Gasteiger partial charge in [0, 0.05) is 12.0 Å². The average Bonchev–Trinajstić information content (AvgIpc) is 2.42. The molecule has 0 amide bonds.